The van der Waals surface area contributed by atoms with E-state index in [0.717, 1.165) is 12.0 Å². The smallest absolute Gasteiger partial charge is 0.196 e. The van der Waals surface area contributed by atoms with Gasteiger partial charge in [0.1, 0.15) is 0 Å². The second-order valence-electron chi connectivity index (χ2n) is 5.28. The highest BCUT2D eigenvalue weighted by Crippen LogP contribution is 2.37. The predicted molar refractivity (Wildman–Crippen MR) is 69.1 cm³/mol. The summed E-state index contributed by atoms with van der Waals surface area (Å²) >= 11 is 0. The van der Waals surface area contributed by atoms with Gasteiger partial charge in [0, 0.05) is 5.57 Å². The molecule has 0 aromatic carbocycles. The van der Waals surface area contributed by atoms with Crippen LogP contribution in [0.5, 0.6) is 0 Å². The topological polar surface area (TPSA) is 66.0 Å². The molecule has 0 spiro atoms. The van der Waals surface area contributed by atoms with E-state index in [-0.39, 0.29) is 17.8 Å². The third-order valence-electron chi connectivity index (χ3n) is 3.70. The van der Waals surface area contributed by atoms with Crippen LogP contribution in [0.4, 0.5) is 0 Å². The molecular weight excluding hydrogens is 228 g/mol. The summed E-state index contributed by atoms with van der Waals surface area (Å²) in [6.07, 6.45) is 6.31. The number of carbonyl (C=O) groups is 1. The van der Waals surface area contributed by atoms with Crippen LogP contribution in [-0.4, -0.2) is 21.1 Å². The van der Waals surface area contributed by atoms with Crippen molar-refractivity contribution < 1.29 is 9.90 Å². The number of Topliss-reactive ketones (excluding diaryl/α,β-unsaturated/α-hetero) is 1. The maximum atomic E-state index is 12.5. The summed E-state index contributed by atoms with van der Waals surface area (Å²) in [4.78, 5) is 12.5. The van der Waals surface area contributed by atoms with Gasteiger partial charge in [0.2, 0.25) is 0 Å². The van der Waals surface area contributed by atoms with Crippen LogP contribution in [0.15, 0.2) is 29.5 Å². The minimum Gasteiger partial charge on any atom is -0.390 e. The molecule has 1 aromatic heterocycles. The van der Waals surface area contributed by atoms with Gasteiger partial charge in [-0.2, -0.15) is 5.10 Å². The summed E-state index contributed by atoms with van der Waals surface area (Å²) in [5, 5.41) is 15.6. The third-order valence-corrected chi connectivity index (χ3v) is 3.70. The predicted octanol–water partition coefficient (Wildman–Crippen LogP) is 2.39. The number of allylic oxidation sites excluding steroid dienone is 4. The van der Waals surface area contributed by atoms with Crippen LogP contribution >= 0.6 is 0 Å². The molecule has 0 unspecified atom stereocenters. The number of aromatic amines is 1. The Hall–Kier alpha value is -1.68. The quantitative estimate of drug-likeness (QED) is 0.805. The number of hydrogen-bond donors (Lipinski definition) is 2. The molecule has 4 heteroatoms. The van der Waals surface area contributed by atoms with Crippen molar-refractivity contribution in [3.05, 3.63) is 40.8 Å². The normalized spacial score (nSPS) is 18.2. The standard InChI is InChI=1S/C14H18N2O2/c1-9-10(5-4-6-14(9,2)3)13(18)11-7-15-16-12(11)8-17/h4-5,7,17H,6,8H2,1-3H3,(H,15,16). The molecule has 4 nitrogen and oxygen atoms in total. The van der Waals surface area contributed by atoms with Gasteiger partial charge in [0.05, 0.1) is 24.1 Å². The maximum Gasteiger partial charge on any atom is 0.196 e. The Kier molecular flexibility index (Phi) is 3.22. The van der Waals surface area contributed by atoms with Crippen LogP contribution in [0, 0.1) is 5.41 Å². The summed E-state index contributed by atoms with van der Waals surface area (Å²) in [7, 11) is 0. The summed E-state index contributed by atoms with van der Waals surface area (Å²) < 4.78 is 0. The number of aliphatic hydroxyl groups is 1. The van der Waals surface area contributed by atoms with E-state index >= 15 is 0 Å². The molecular formula is C14H18N2O2. The van der Waals surface area contributed by atoms with E-state index in [1.54, 1.807) is 0 Å². The van der Waals surface area contributed by atoms with Crippen LogP contribution in [-0.2, 0) is 6.61 Å². The molecule has 0 bridgehead atoms. The Bertz CT molecular complexity index is 536. The van der Waals surface area contributed by atoms with Crippen LogP contribution in [0.25, 0.3) is 0 Å². The first kappa shape index (κ1) is 12.8. The van der Waals surface area contributed by atoms with Crippen molar-refractivity contribution in [1.82, 2.24) is 10.2 Å². The van der Waals surface area contributed by atoms with E-state index < -0.39 is 0 Å². The number of nitrogens with one attached hydrogen (secondary N) is 1. The van der Waals surface area contributed by atoms with Gasteiger partial charge in [0.25, 0.3) is 0 Å². The Morgan fingerprint density at radius 1 is 1.56 bits per heavy atom. The highest BCUT2D eigenvalue weighted by atomic mass is 16.3. The molecule has 0 saturated carbocycles. The largest absolute Gasteiger partial charge is 0.390 e. The summed E-state index contributed by atoms with van der Waals surface area (Å²) in [5.74, 6) is -0.0747. The Labute approximate surface area is 106 Å². The Morgan fingerprint density at radius 3 is 2.94 bits per heavy atom. The first-order valence-electron chi connectivity index (χ1n) is 6.03. The van der Waals surface area contributed by atoms with Crippen LogP contribution in [0.1, 0.15) is 43.2 Å². The lowest BCUT2D eigenvalue weighted by atomic mass is 9.75. The lowest BCUT2D eigenvalue weighted by Crippen LogP contribution is -2.20. The lowest BCUT2D eigenvalue weighted by molar-refractivity contribution is 0.103. The zero-order valence-corrected chi connectivity index (χ0v) is 10.9. The molecule has 0 amide bonds. The molecule has 1 aromatic rings. The summed E-state index contributed by atoms with van der Waals surface area (Å²) in [5.41, 5.74) is 2.72. The average molecular weight is 246 g/mol. The van der Waals surface area contributed by atoms with E-state index in [1.165, 1.54) is 6.20 Å². The summed E-state index contributed by atoms with van der Waals surface area (Å²) in [6.45, 7) is 6.04. The Balaban J connectivity index is 2.44. The van der Waals surface area contributed by atoms with Gasteiger partial charge in [-0.15, -0.1) is 0 Å². The van der Waals surface area contributed by atoms with Gasteiger partial charge in [-0.1, -0.05) is 31.6 Å². The first-order chi connectivity index (χ1) is 8.47. The number of nitrogens with zero attached hydrogens (tertiary/aromatic N) is 1. The van der Waals surface area contributed by atoms with Crippen LogP contribution < -0.4 is 0 Å². The third kappa shape index (κ3) is 2.04. The molecule has 2 N–H and O–H groups in total. The van der Waals surface area contributed by atoms with Crippen LogP contribution in [0.2, 0.25) is 0 Å². The number of aliphatic hydroxyl groups excluding tert-OH is 1. The van der Waals surface area contributed by atoms with E-state index in [9.17, 15) is 4.79 Å². The van der Waals surface area contributed by atoms with E-state index in [2.05, 4.69) is 24.0 Å². The highest BCUT2D eigenvalue weighted by molar-refractivity contribution is 6.11. The summed E-state index contributed by atoms with van der Waals surface area (Å²) in [6, 6.07) is 0. The van der Waals surface area contributed by atoms with Gasteiger partial charge in [-0.25, -0.2) is 0 Å². The van der Waals surface area contributed by atoms with E-state index in [1.807, 2.05) is 19.1 Å². The van der Waals surface area contributed by atoms with Gasteiger partial charge in [0.15, 0.2) is 5.78 Å². The van der Waals surface area contributed by atoms with Gasteiger partial charge in [-0.3, -0.25) is 9.89 Å². The first-order valence-corrected chi connectivity index (χ1v) is 6.03. The van der Waals surface area contributed by atoms with Crippen molar-refractivity contribution in [1.29, 1.82) is 0 Å². The highest BCUT2D eigenvalue weighted by Gasteiger charge is 2.28. The minimum atomic E-state index is -0.208. The van der Waals surface area contributed by atoms with Gasteiger partial charge >= 0.3 is 0 Å². The molecule has 0 saturated heterocycles. The van der Waals surface area contributed by atoms with Crippen molar-refractivity contribution >= 4 is 5.78 Å². The monoisotopic (exact) mass is 246 g/mol. The maximum absolute atomic E-state index is 12.5. The fourth-order valence-electron chi connectivity index (χ4n) is 2.13. The number of carbonyl (C=O) groups excluding carboxylic acids is 1. The molecule has 2 rings (SSSR count). The van der Waals surface area contributed by atoms with E-state index in [4.69, 9.17) is 5.11 Å². The minimum absolute atomic E-state index is 0.00283. The van der Waals surface area contributed by atoms with Crippen molar-refractivity contribution in [3.8, 4) is 0 Å². The molecule has 0 radical (unpaired) electrons. The second kappa shape index (κ2) is 4.53. The molecule has 0 fully saturated rings. The van der Waals surface area contributed by atoms with Gasteiger partial charge in [-0.05, 0) is 18.8 Å². The molecule has 18 heavy (non-hydrogen) atoms. The fraction of sp³-hybridized carbons (Fsp3) is 0.429. The molecule has 0 atom stereocenters. The lowest BCUT2D eigenvalue weighted by Gasteiger charge is -2.29. The number of aromatic nitrogens is 2. The fourth-order valence-corrected chi connectivity index (χ4v) is 2.13. The van der Waals surface area contributed by atoms with Crippen LogP contribution in [0.3, 0.4) is 0 Å². The van der Waals surface area contributed by atoms with Crippen molar-refractivity contribution in [2.24, 2.45) is 5.41 Å². The van der Waals surface area contributed by atoms with Crippen molar-refractivity contribution in [2.45, 2.75) is 33.8 Å². The average Bonchev–Trinajstić information content (AvgIpc) is 2.80. The molecule has 1 aliphatic carbocycles. The SMILES string of the molecule is CC1=C(C(=O)c2cn[nH]c2CO)C=CCC1(C)C. The number of ketones is 1. The molecule has 1 heterocycles. The zero-order chi connectivity index (χ0) is 13.3. The van der Waals surface area contributed by atoms with E-state index in [0.29, 0.717) is 16.8 Å². The second-order valence-corrected chi connectivity index (χ2v) is 5.28. The number of hydrogen-bond acceptors (Lipinski definition) is 3. The molecule has 0 aliphatic heterocycles. The Morgan fingerprint density at radius 2 is 2.28 bits per heavy atom. The number of H-pyrrole nitrogens is 1. The number of rotatable bonds is 3. The molecule has 96 valence electrons. The van der Waals surface area contributed by atoms with Crippen molar-refractivity contribution in [2.75, 3.05) is 0 Å². The van der Waals surface area contributed by atoms with Crippen molar-refractivity contribution in [3.63, 3.8) is 0 Å². The zero-order valence-electron chi connectivity index (χ0n) is 10.9. The van der Waals surface area contributed by atoms with Gasteiger partial charge < -0.3 is 5.11 Å². The molecule has 1 aliphatic rings.